The van der Waals surface area contributed by atoms with E-state index < -0.39 is 0 Å². The van der Waals surface area contributed by atoms with Crippen LogP contribution in [-0.4, -0.2) is 47.0 Å². The fraction of sp³-hybridized carbons (Fsp3) is 0.526. The molecule has 0 aliphatic heterocycles. The van der Waals surface area contributed by atoms with E-state index in [1.165, 1.54) is 5.56 Å². The molecule has 2 rings (SSSR count). The molecule has 0 aliphatic carbocycles. The maximum Gasteiger partial charge on any atom is 0.191 e. The number of benzene rings is 1. The Morgan fingerprint density at radius 3 is 2.56 bits per heavy atom. The van der Waals surface area contributed by atoms with Gasteiger partial charge in [0.15, 0.2) is 11.8 Å². The lowest BCUT2D eigenvalue weighted by Gasteiger charge is -2.13. The molecule has 0 atom stereocenters. The summed E-state index contributed by atoms with van der Waals surface area (Å²) >= 11 is 0. The van der Waals surface area contributed by atoms with Crippen LogP contribution in [0.3, 0.4) is 0 Å². The molecule has 0 radical (unpaired) electrons. The summed E-state index contributed by atoms with van der Waals surface area (Å²) in [5.74, 6) is 2.53. The largest absolute Gasteiger partial charge is 0.382 e. The Labute approximate surface area is 179 Å². The number of halogens is 1. The van der Waals surface area contributed by atoms with Gasteiger partial charge in [0.25, 0.3) is 0 Å². The van der Waals surface area contributed by atoms with E-state index in [1.54, 1.807) is 0 Å². The van der Waals surface area contributed by atoms with Crippen molar-refractivity contribution in [3.05, 3.63) is 47.5 Å². The summed E-state index contributed by atoms with van der Waals surface area (Å²) < 4.78 is 7.34. The lowest BCUT2D eigenvalue weighted by Crippen LogP contribution is -2.39. The van der Waals surface area contributed by atoms with Crippen molar-refractivity contribution in [2.75, 3.05) is 26.3 Å². The molecular weight excluding hydrogens is 455 g/mol. The van der Waals surface area contributed by atoms with Crippen LogP contribution >= 0.6 is 24.0 Å². The van der Waals surface area contributed by atoms with Crippen LogP contribution in [0.1, 0.15) is 30.6 Å². The van der Waals surface area contributed by atoms with Gasteiger partial charge in [0, 0.05) is 33.4 Å². The highest BCUT2D eigenvalue weighted by Crippen LogP contribution is 2.00. The monoisotopic (exact) mass is 486 g/mol. The van der Waals surface area contributed by atoms with Gasteiger partial charge < -0.3 is 19.9 Å². The Kier molecular flexibility index (Phi) is 11.7. The molecule has 8 heteroatoms. The molecule has 0 saturated heterocycles. The summed E-state index contributed by atoms with van der Waals surface area (Å²) in [7, 11) is 1.96. The minimum absolute atomic E-state index is 0. The summed E-state index contributed by atoms with van der Waals surface area (Å²) in [4.78, 5) is 4.65. The molecule has 0 saturated carbocycles. The van der Waals surface area contributed by atoms with Crippen LogP contribution in [0.15, 0.2) is 35.3 Å². The van der Waals surface area contributed by atoms with Gasteiger partial charge in [-0.2, -0.15) is 0 Å². The standard InChI is InChI=1S/C19H30N6O.HI/c1-4-26-14-8-12-20-19(21-13-11-17-9-6-5-7-10-17)22-15-18-24-23-16(2)25(18)3;/h5-7,9-10H,4,8,11-15H2,1-3H3,(H2,20,21,22);1H. The predicted octanol–water partition coefficient (Wildman–Crippen LogP) is 2.45. The Hall–Kier alpha value is -1.68. The smallest absolute Gasteiger partial charge is 0.191 e. The van der Waals surface area contributed by atoms with Crippen molar-refractivity contribution in [3.8, 4) is 0 Å². The Bertz CT molecular complexity index is 674. The van der Waals surface area contributed by atoms with Crippen molar-refractivity contribution in [2.45, 2.75) is 33.2 Å². The van der Waals surface area contributed by atoms with Crippen molar-refractivity contribution < 1.29 is 4.74 Å². The highest BCUT2D eigenvalue weighted by molar-refractivity contribution is 14.0. The number of aryl methyl sites for hydroxylation is 1. The summed E-state index contributed by atoms with van der Waals surface area (Å²) in [5.41, 5.74) is 1.31. The number of hydrogen-bond acceptors (Lipinski definition) is 4. The highest BCUT2D eigenvalue weighted by atomic mass is 127. The normalized spacial score (nSPS) is 11.1. The minimum atomic E-state index is 0. The molecule has 0 fully saturated rings. The van der Waals surface area contributed by atoms with Crippen molar-refractivity contribution >= 4 is 29.9 Å². The summed E-state index contributed by atoms with van der Waals surface area (Å²) in [6.45, 7) is 7.57. The van der Waals surface area contributed by atoms with Crippen LogP contribution < -0.4 is 10.6 Å². The first kappa shape index (κ1) is 23.4. The van der Waals surface area contributed by atoms with Gasteiger partial charge in [-0.15, -0.1) is 34.2 Å². The van der Waals surface area contributed by atoms with Crippen LogP contribution in [-0.2, 0) is 24.8 Å². The van der Waals surface area contributed by atoms with Crippen molar-refractivity contribution in [1.29, 1.82) is 0 Å². The molecule has 1 aromatic carbocycles. The minimum Gasteiger partial charge on any atom is -0.382 e. The number of rotatable bonds is 10. The summed E-state index contributed by atoms with van der Waals surface area (Å²) in [6.07, 6.45) is 1.89. The zero-order valence-electron chi connectivity index (χ0n) is 16.4. The number of aromatic nitrogens is 3. The van der Waals surface area contributed by atoms with Crippen molar-refractivity contribution in [2.24, 2.45) is 12.0 Å². The van der Waals surface area contributed by atoms with E-state index in [-0.39, 0.29) is 24.0 Å². The molecule has 0 aliphatic rings. The molecule has 0 unspecified atom stereocenters. The number of nitrogens with zero attached hydrogens (tertiary/aromatic N) is 4. The number of aliphatic imine (C=N–C) groups is 1. The molecule has 0 spiro atoms. The molecule has 1 aromatic heterocycles. The van der Waals surface area contributed by atoms with Gasteiger partial charge in [0.05, 0.1) is 0 Å². The third kappa shape index (κ3) is 8.70. The zero-order valence-corrected chi connectivity index (χ0v) is 18.8. The molecule has 0 amide bonds. The van der Waals surface area contributed by atoms with E-state index in [2.05, 4.69) is 50.1 Å². The second-order valence-electron chi connectivity index (χ2n) is 6.03. The first-order valence-corrected chi connectivity index (χ1v) is 9.19. The van der Waals surface area contributed by atoms with E-state index in [0.717, 1.165) is 56.8 Å². The van der Waals surface area contributed by atoms with Crippen LogP contribution in [0, 0.1) is 6.92 Å². The van der Waals surface area contributed by atoms with Crippen LogP contribution in [0.2, 0.25) is 0 Å². The lowest BCUT2D eigenvalue weighted by atomic mass is 10.1. The van der Waals surface area contributed by atoms with Crippen molar-refractivity contribution in [3.63, 3.8) is 0 Å². The molecule has 7 nitrogen and oxygen atoms in total. The lowest BCUT2D eigenvalue weighted by molar-refractivity contribution is 0.145. The maximum absolute atomic E-state index is 5.38. The van der Waals surface area contributed by atoms with E-state index >= 15 is 0 Å². The van der Waals surface area contributed by atoms with Gasteiger partial charge >= 0.3 is 0 Å². The Morgan fingerprint density at radius 1 is 1.15 bits per heavy atom. The quantitative estimate of drug-likeness (QED) is 0.234. The third-order valence-corrected chi connectivity index (χ3v) is 4.07. The van der Waals surface area contributed by atoms with Crippen molar-refractivity contribution in [1.82, 2.24) is 25.4 Å². The molecule has 27 heavy (non-hydrogen) atoms. The number of ether oxygens (including phenoxy) is 1. The second-order valence-corrected chi connectivity index (χ2v) is 6.03. The van der Waals surface area contributed by atoms with E-state index in [0.29, 0.717) is 6.54 Å². The highest BCUT2D eigenvalue weighted by Gasteiger charge is 2.05. The molecule has 0 bridgehead atoms. The fourth-order valence-electron chi connectivity index (χ4n) is 2.41. The topological polar surface area (TPSA) is 76.4 Å². The van der Waals surface area contributed by atoms with Gasteiger partial charge in [0.2, 0.25) is 0 Å². The zero-order chi connectivity index (χ0) is 18.6. The van der Waals surface area contributed by atoms with Crippen LogP contribution in [0.4, 0.5) is 0 Å². The van der Waals surface area contributed by atoms with Crippen LogP contribution in [0.5, 0.6) is 0 Å². The second kappa shape index (κ2) is 13.5. The van der Waals surface area contributed by atoms with E-state index in [1.807, 2.05) is 31.5 Å². The number of guanidine groups is 1. The van der Waals surface area contributed by atoms with Gasteiger partial charge in [-0.1, -0.05) is 30.3 Å². The van der Waals surface area contributed by atoms with Crippen LogP contribution in [0.25, 0.3) is 0 Å². The van der Waals surface area contributed by atoms with E-state index in [4.69, 9.17) is 4.74 Å². The average Bonchev–Trinajstić information content (AvgIpc) is 2.98. The van der Waals surface area contributed by atoms with Gasteiger partial charge in [-0.3, -0.25) is 0 Å². The molecule has 1 heterocycles. The molecule has 2 aromatic rings. The Balaban J connectivity index is 0.00000364. The average molecular weight is 486 g/mol. The predicted molar refractivity (Wildman–Crippen MR) is 120 cm³/mol. The first-order valence-electron chi connectivity index (χ1n) is 9.19. The maximum atomic E-state index is 5.38. The number of hydrogen-bond donors (Lipinski definition) is 2. The molecule has 2 N–H and O–H groups in total. The number of nitrogens with one attached hydrogen (secondary N) is 2. The van der Waals surface area contributed by atoms with Gasteiger partial charge in [-0.25, -0.2) is 4.99 Å². The van der Waals surface area contributed by atoms with Gasteiger partial charge in [-0.05, 0) is 32.3 Å². The van der Waals surface area contributed by atoms with E-state index in [9.17, 15) is 0 Å². The fourth-order valence-corrected chi connectivity index (χ4v) is 2.41. The van der Waals surface area contributed by atoms with Gasteiger partial charge in [0.1, 0.15) is 12.4 Å². The molecular formula is C19H31IN6O. The summed E-state index contributed by atoms with van der Waals surface area (Å²) in [5, 5.41) is 15.0. The third-order valence-electron chi connectivity index (χ3n) is 4.07. The Morgan fingerprint density at radius 2 is 1.89 bits per heavy atom. The summed E-state index contributed by atoms with van der Waals surface area (Å²) in [6, 6.07) is 10.4. The SMILES string of the molecule is CCOCCCNC(=NCc1nnc(C)n1C)NCCc1ccccc1.I. The first-order chi connectivity index (χ1) is 12.7. The molecule has 150 valence electrons.